The molecule has 0 atom stereocenters. The van der Waals surface area contributed by atoms with Crippen molar-refractivity contribution in [1.82, 2.24) is 0 Å². The smallest absolute Gasteiger partial charge is 0.119 e. The molecule has 0 aliphatic rings. The predicted octanol–water partition coefficient (Wildman–Crippen LogP) is 12.7. The first-order valence-corrected chi connectivity index (χ1v) is 16.5. The summed E-state index contributed by atoms with van der Waals surface area (Å²) in [5.41, 5.74) is 13.2. The highest BCUT2D eigenvalue weighted by molar-refractivity contribution is 5.83. The monoisotopic (exact) mass is 623 g/mol. The van der Waals surface area contributed by atoms with Crippen LogP contribution in [0.4, 0.5) is 17.1 Å². The largest absolute Gasteiger partial charge is 0.497 e. The Hall–Kier alpha value is -5.86. The zero-order valence-corrected chi connectivity index (χ0v) is 27.9. The molecule has 0 N–H and O–H groups in total. The summed E-state index contributed by atoms with van der Waals surface area (Å²) in [7, 11) is 1.69. The topological polar surface area (TPSA) is 12.5 Å². The van der Waals surface area contributed by atoms with Crippen molar-refractivity contribution in [1.29, 1.82) is 0 Å². The van der Waals surface area contributed by atoms with Gasteiger partial charge in [-0.3, -0.25) is 0 Å². The van der Waals surface area contributed by atoms with E-state index in [1.165, 1.54) is 44.5 Å². The van der Waals surface area contributed by atoms with Crippen molar-refractivity contribution in [3.63, 3.8) is 0 Å². The van der Waals surface area contributed by atoms with E-state index in [1.54, 1.807) is 7.11 Å². The van der Waals surface area contributed by atoms with Gasteiger partial charge < -0.3 is 9.64 Å². The number of benzene rings is 7. The third-order valence-electron chi connectivity index (χ3n) is 8.48. The summed E-state index contributed by atoms with van der Waals surface area (Å²) in [6.45, 7) is 4.26. The van der Waals surface area contributed by atoms with Gasteiger partial charge in [0.1, 0.15) is 5.75 Å². The number of anilines is 3. The number of methoxy groups -OCH3 is 1. The van der Waals surface area contributed by atoms with E-state index in [0.717, 1.165) is 29.2 Å². The Morgan fingerprint density at radius 3 is 1.38 bits per heavy atom. The molecule has 236 valence electrons. The zero-order valence-electron chi connectivity index (χ0n) is 27.9. The maximum absolute atomic E-state index is 5.06. The normalized spacial score (nSPS) is 10.5. The Morgan fingerprint density at radius 2 is 0.875 bits per heavy atom. The van der Waals surface area contributed by atoms with Gasteiger partial charge in [-0.25, -0.2) is 0 Å². The van der Waals surface area contributed by atoms with Crippen LogP contribution in [0.25, 0.3) is 33.4 Å². The SMILES string of the molecule is CCc1cccc(OC)c1.Cc1ccc(-c2ccc(N(c3cccc(-c4ccccc4)c3)c3cccc(-c4ccccc4)c3)cc2)cc1. The van der Waals surface area contributed by atoms with Gasteiger partial charge in [0.25, 0.3) is 0 Å². The molecule has 0 aromatic heterocycles. The number of aryl methyl sites for hydroxylation is 2. The number of ether oxygens (including phenoxy) is 1. The van der Waals surface area contributed by atoms with Gasteiger partial charge >= 0.3 is 0 Å². The Labute approximate surface area is 285 Å². The highest BCUT2D eigenvalue weighted by atomic mass is 16.5. The van der Waals surface area contributed by atoms with Crippen LogP contribution in [0.5, 0.6) is 5.75 Å². The summed E-state index contributed by atoms with van der Waals surface area (Å²) in [6, 6.07) is 64.4. The first-order valence-electron chi connectivity index (χ1n) is 16.5. The minimum absolute atomic E-state index is 0.944. The highest BCUT2D eigenvalue weighted by Crippen LogP contribution is 2.39. The number of hydrogen-bond acceptors (Lipinski definition) is 2. The highest BCUT2D eigenvalue weighted by Gasteiger charge is 2.15. The van der Waals surface area contributed by atoms with Crippen LogP contribution in [0, 0.1) is 6.92 Å². The minimum Gasteiger partial charge on any atom is -0.497 e. The Morgan fingerprint density at radius 1 is 0.417 bits per heavy atom. The summed E-state index contributed by atoms with van der Waals surface area (Å²) in [6.07, 6.45) is 1.07. The average molecular weight is 624 g/mol. The molecule has 0 saturated heterocycles. The Balaban J connectivity index is 0.000000345. The fraction of sp³-hybridized carbons (Fsp3) is 0.0870. The summed E-state index contributed by atoms with van der Waals surface area (Å²) >= 11 is 0. The first-order chi connectivity index (χ1) is 23.6. The fourth-order valence-corrected chi connectivity index (χ4v) is 5.80. The molecule has 48 heavy (non-hydrogen) atoms. The van der Waals surface area contributed by atoms with Gasteiger partial charge in [0.15, 0.2) is 0 Å². The Kier molecular flexibility index (Phi) is 10.4. The average Bonchev–Trinajstić information content (AvgIpc) is 3.17. The van der Waals surface area contributed by atoms with Gasteiger partial charge in [0.2, 0.25) is 0 Å². The molecule has 0 saturated carbocycles. The molecule has 7 aromatic rings. The van der Waals surface area contributed by atoms with Gasteiger partial charge in [-0.05, 0) is 101 Å². The second-order valence-electron chi connectivity index (χ2n) is 11.8. The van der Waals surface area contributed by atoms with E-state index >= 15 is 0 Å². The lowest BCUT2D eigenvalue weighted by molar-refractivity contribution is 0.414. The number of hydrogen-bond donors (Lipinski definition) is 0. The molecule has 0 bridgehead atoms. The molecule has 0 aliphatic carbocycles. The summed E-state index contributed by atoms with van der Waals surface area (Å²) in [4.78, 5) is 2.35. The van der Waals surface area contributed by atoms with Crippen LogP contribution >= 0.6 is 0 Å². The molecule has 0 amide bonds. The molecule has 2 nitrogen and oxygen atoms in total. The third-order valence-corrected chi connectivity index (χ3v) is 8.48. The van der Waals surface area contributed by atoms with Gasteiger partial charge in [0.05, 0.1) is 7.11 Å². The van der Waals surface area contributed by atoms with Gasteiger partial charge in [0, 0.05) is 17.1 Å². The van der Waals surface area contributed by atoms with E-state index in [-0.39, 0.29) is 0 Å². The van der Waals surface area contributed by atoms with Gasteiger partial charge in [-0.15, -0.1) is 0 Å². The minimum atomic E-state index is 0.944. The molecule has 0 spiro atoms. The van der Waals surface area contributed by atoms with E-state index in [1.807, 2.05) is 12.1 Å². The van der Waals surface area contributed by atoms with Crippen molar-refractivity contribution in [2.24, 2.45) is 0 Å². The molecule has 2 heteroatoms. The maximum Gasteiger partial charge on any atom is 0.119 e. The quantitative estimate of drug-likeness (QED) is 0.167. The summed E-state index contributed by atoms with van der Waals surface area (Å²) in [5.74, 6) is 0.944. The first kappa shape index (κ1) is 32.1. The summed E-state index contributed by atoms with van der Waals surface area (Å²) < 4.78 is 5.06. The van der Waals surface area contributed by atoms with Gasteiger partial charge in [-0.1, -0.05) is 146 Å². The molecule has 0 aliphatic heterocycles. The lowest BCUT2D eigenvalue weighted by atomic mass is 10.0. The van der Waals surface area contributed by atoms with Crippen LogP contribution in [-0.4, -0.2) is 7.11 Å². The molecular formula is C46H41NO. The van der Waals surface area contributed by atoms with E-state index < -0.39 is 0 Å². The van der Waals surface area contributed by atoms with Crippen LogP contribution in [0.1, 0.15) is 18.1 Å². The van der Waals surface area contributed by atoms with E-state index in [0.29, 0.717) is 0 Å². The molecule has 0 radical (unpaired) electrons. The lowest BCUT2D eigenvalue weighted by Gasteiger charge is -2.27. The van der Waals surface area contributed by atoms with Crippen LogP contribution in [0.2, 0.25) is 0 Å². The van der Waals surface area contributed by atoms with Crippen LogP contribution in [-0.2, 0) is 6.42 Å². The van der Waals surface area contributed by atoms with Crippen LogP contribution in [0.15, 0.2) is 182 Å². The van der Waals surface area contributed by atoms with E-state index in [9.17, 15) is 0 Å². The second-order valence-corrected chi connectivity index (χ2v) is 11.8. The van der Waals surface area contributed by atoms with E-state index in [2.05, 4.69) is 189 Å². The molecule has 0 unspecified atom stereocenters. The lowest BCUT2D eigenvalue weighted by Crippen LogP contribution is -2.10. The predicted molar refractivity (Wildman–Crippen MR) is 205 cm³/mol. The third kappa shape index (κ3) is 7.92. The molecule has 0 fully saturated rings. The van der Waals surface area contributed by atoms with Crippen molar-refractivity contribution in [2.75, 3.05) is 12.0 Å². The van der Waals surface area contributed by atoms with Crippen molar-refractivity contribution in [3.8, 4) is 39.1 Å². The number of nitrogens with zero attached hydrogens (tertiary/aromatic N) is 1. The molecule has 0 heterocycles. The maximum atomic E-state index is 5.06. The van der Waals surface area contributed by atoms with Crippen LogP contribution < -0.4 is 9.64 Å². The van der Waals surface area contributed by atoms with E-state index in [4.69, 9.17) is 4.74 Å². The fourth-order valence-electron chi connectivity index (χ4n) is 5.80. The second kappa shape index (κ2) is 15.6. The van der Waals surface area contributed by atoms with Gasteiger partial charge in [-0.2, -0.15) is 0 Å². The van der Waals surface area contributed by atoms with Crippen molar-refractivity contribution < 1.29 is 4.74 Å². The van der Waals surface area contributed by atoms with Crippen molar-refractivity contribution in [3.05, 3.63) is 193 Å². The summed E-state index contributed by atoms with van der Waals surface area (Å²) in [5, 5.41) is 0. The zero-order chi connectivity index (χ0) is 33.1. The van der Waals surface area contributed by atoms with Crippen molar-refractivity contribution >= 4 is 17.1 Å². The molecular weight excluding hydrogens is 583 g/mol. The van der Waals surface area contributed by atoms with Crippen LogP contribution in [0.3, 0.4) is 0 Å². The standard InChI is InChI=1S/C37H29N.C9H12O/c1-28-18-20-31(21-19-28)32-22-24-35(25-23-32)38(36-16-8-14-33(26-36)29-10-4-2-5-11-29)37-17-9-15-34(27-37)30-12-6-3-7-13-30;1-3-8-5-4-6-9(7-8)10-2/h2-27H,1H3;4-7H,3H2,1-2H3. The molecule has 7 rings (SSSR count). The Bertz CT molecular complexity index is 1930. The molecule has 7 aromatic carbocycles. The number of rotatable bonds is 8. The van der Waals surface area contributed by atoms with Crippen molar-refractivity contribution in [2.45, 2.75) is 20.3 Å².